The molecular formula is C14H18N2O3. The monoisotopic (exact) mass is 262 g/mol. The molecule has 3 N–H and O–H groups in total. The predicted octanol–water partition coefficient (Wildman–Crippen LogP) is 1.07. The van der Waals surface area contributed by atoms with Gasteiger partial charge in [0.25, 0.3) is 5.91 Å². The molecule has 0 spiro atoms. The van der Waals surface area contributed by atoms with Gasteiger partial charge in [-0.2, -0.15) is 0 Å². The van der Waals surface area contributed by atoms with Gasteiger partial charge in [-0.1, -0.05) is 6.07 Å². The average Bonchev–Trinajstić information content (AvgIpc) is 2.73. The first-order valence-electron chi connectivity index (χ1n) is 6.45. The second-order valence-electron chi connectivity index (χ2n) is 4.84. The van der Waals surface area contributed by atoms with E-state index in [9.17, 15) is 9.59 Å². The molecule has 5 heteroatoms. The van der Waals surface area contributed by atoms with Crippen molar-refractivity contribution in [3.63, 3.8) is 0 Å². The largest absolute Gasteiger partial charge is 0.393 e. The Bertz CT molecular complexity index is 497. The van der Waals surface area contributed by atoms with Gasteiger partial charge in [0.05, 0.1) is 12.5 Å². The molecule has 0 bridgehead atoms. The Kier molecular flexibility index (Phi) is 4.16. The van der Waals surface area contributed by atoms with Crippen LogP contribution in [0, 0.1) is 0 Å². The molecule has 102 valence electrons. The van der Waals surface area contributed by atoms with Crippen LogP contribution in [0.5, 0.6) is 0 Å². The Morgan fingerprint density at radius 2 is 2.32 bits per heavy atom. The van der Waals surface area contributed by atoms with Crippen molar-refractivity contribution in [3.8, 4) is 0 Å². The number of hydrogen-bond donors (Lipinski definition) is 3. The molecule has 1 aromatic carbocycles. The predicted molar refractivity (Wildman–Crippen MR) is 72.0 cm³/mol. The Labute approximate surface area is 112 Å². The van der Waals surface area contributed by atoms with E-state index >= 15 is 0 Å². The van der Waals surface area contributed by atoms with Crippen LogP contribution >= 0.6 is 0 Å². The maximum atomic E-state index is 11.9. The van der Waals surface area contributed by atoms with E-state index in [1.54, 1.807) is 25.1 Å². The van der Waals surface area contributed by atoms with Crippen LogP contribution in [0.15, 0.2) is 18.2 Å². The minimum atomic E-state index is -0.341. The van der Waals surface area contributed by atoms with Crippen molar-refractivity contribution in [2.45, 2.75) is 32.3 Å². The quantitative estimate of drug-likeness (QED) is 0.695. The Morgan fingerprint density at radius 3 is 3.05 bits per heavy atom. The fraction of sp³-hybridized carbons (Fsp3) is 0.429. The van der Waals surface area contributed by atoms with E-state index in [4.69, 9.17) is 5.11 Å². The van der Waals surface area contributed by atoms with E-state index in [2.05, 4.69) is 10.6 Å². The number of rotatable bonds is 5. The summed E-state index contributed by atoms with van der Waals surface area (Å²) in [5, 5.41) is 14.6. The number of carbonyl (C=O) groups excluding carboxylic acids is 2. The van der Waals surface area contributed by atoms with Gasteiger partial charge in [-0.25, -0.2) is 0 Å². The smallest absolute Gasteiger partial charge is 0.251 e. The molecule has 1 unspecified atom stereocenters. The zero-order valence-corrected chi connectivity index (χ0v) is 10.9. The van der Waals surface area contributed by atoms with Crippen molar-refractivity contribution in [2.75, 3.05) is 11.9 Å². The van der Waals surface area contributed by atoms with E-state index in [0.717, 1.165) is 17.7 Å². The fourth-order valence-electron chi connectivity index (χ4n) is 2.06. The van der Waals surface area contributed by atoms with Crippen LogP contribution in [0.4, 0.5) is 5.69 Å². The molecule has 2 amide bonds. The molecule has 1 aromatic rings. The van der Waals surface area contributed by atoms with Crippen LogP contribution in [-0.4, -0.2) is 29.6 Å². The van der Waals surface area contributed by atoms with Crippen LogP contribution in [0.25, 0.3) is 0 Å². The summed E-state index contributed by atoms with van der Waals surface area (Å²) >= 11 is 0. The van der Waals surface area contributed by atoms with Gasteiger partial charge in [-0.05, 0) is 37.5 Å². The third-order valence-electron chi connectivity index (χ3n) is 3.08. The minimum absolute atomic E-state index is 0.0375. The first kappa shape index (κ1) is 13.5. The number of aliphatic hydroxyl groups is 1. The molecule has 1 atom stereocenters. The molecule has 1 aliphatic rings. The second-order valence-corrected chi connectivity index (χ2v) is 4.84. The molecule has 0 saturated heterocycles. The van der Waals surface area contributed by atoms with Crippen molar-refractivity contribution < 1.29 is 14.7 Å². The highest BCUT2D eigenvalue weighted by Crippen LogP contribution is 2.23. The van der Waals surface area contributed by atoms with Crippen LogP contribution in [-0.2, 0) is 11.2 Å². The summed E-state index contributed by atoms with van der Waals surface area (Å²) in [5.41, 5.74) is 2.19. The van der Waals surface area contributed by atoms with Gasteiger partial charge in [0.2, 0.25) is 5.91 Å². The third-order valence-corrected chi connectivity index (χ3v) is 3.08. The van der Waals surface area contributed by atoms with Crippen molar-refractivity contribution >= 4 is 17.5 Å². The highest BCUT2D eigenvalue weighted by molar-refractivity contribution is 6.02. The van der Waals surface area contributed by atoms with E-state index in [1.807, 2.05) is 0 Å². The molecule has 0 radical (unpaired) electrons. The van der Waals surface area contributed by atoms with Gasteiger partial charge in [0.1, 0.15) is 0 Å². The van der Waals surface area contributed by atoms with Crippen LogP contribution < -0.4 is 10.6 Å². The molecule has 19 heavy (non-hydrogen) atoms. The number of hydrogen-bond acceptors (Lipinski definition) is 3. The van der Waals surface area contributed by atoms with E-state index in [0.29, 0.717) is 24.9 Å². The van der Waals surface area contributed by atoms with E-state index < -0.39 is 0 Å². The molecule has 0 aliphatic carbocycles. The Hall–Kier alpha value is -1.88. The lowest BCUT2D eigenvalue weighted by molar-refractivity contribution is -0.115. The Morgan fingerprint density at radius 1 is 1.53 bits per heavy atom. The van der Waals surface area contributed by atoms with Gasteiger partial charge >= 0.3 is 0 Å². The third kappa shape index (κ3) is 3.54. The number of nitrogens with one attached hydrogen (secondary N) is 2. The molecule has 0 saturated carbocycles. The lowest BCUT2D eigenvalue weighted by atomic mass is 10.1. The highest BCUT2D eigenvalue weighted by Gasteiger charge is 2.18. The maximum Gasteiger partial charge on any atom is 0.251 e. The van der Waals surface area contributed by atoms with Crippen molar-refractivity contribution in [2.24, 2.45) is 0 Å². The summed E-state index contributed by atoms with van der Waals surface area (Å²) < 4.78 is 0. The summed E-state index contributed by atoms with van der Waals surface area (Å²) in [5.74, 6) is -0.195. The zero-order valence-electron chi connectivity index (χ0n) is 10.9. The summed E-state index contributed by atoms with van der Waals surface area (Å²) in [4.78, 5) is 23.1. The van der Waals surface area contributed by atoms with Crippen molar-refractivity contribution in [1.29, 1.82) is 0 Å². The Balaban J connectivity index is 1.90. The summed E-state index contributed by atoms with van der Waals surface area (Å²) in [6, 6.07) is 5.23. The highest BCUT2D eigenvalue weighted by atomic mass is 16.3. The molecule has 0 aromatic heterocycles. The molecule has 1 aliphatic heterocycles. The van der Waals surface area contributed by atoms with Gasteiger partial charge in [-0.3, -0.25) is 9.59 Å². The van der Waals surface area contributed by atoms with E-state index in [1.165, 1.54) is 0 Å². The standard InChI is InChI=1S/C14H18N2O3/c1-9(17)3-2-6-15-14(19)11-5-4-10-8-13(18)16-12(10)7-11/h4-5,7,9,17H,2-3,6,8H2,1H3,(H,15,19)(H,16,18). The van der Waals surface area contributed by atoms with Gasteiger partial charge < -0.3 is 15.7 Å². The molecule has 2 rings (SSSR count). The first-order valence-corrected chi connectivity index (χ1v) is 6.45. The lowest BCUT2D eigenvalue weighted by Crippen LogP contribution is -2.25. The minimum Gasteiger partial charge on any atom is -0.393 e. The number of aliphatic hydroxyl groups excluding tert-OH is 1. The zero-order chi connectivity index (χ0) is 13.8. The van der Waals surface area contributed by atoms with Crippen molar-refractivity contribution in [3.05, 3.63) is 29.3 Å². The number of anilines is 1. The van der Waals surface area contributed by atoms with Crippen molar-refractivity contribution in [1.82, 2.24) is 5.32 Å². The van der Waals surface area contributed by atoms with Crippen LogP contribution in [0.2, 0.25) is 0 Å². The summed E-state index contributed by atoms with van der Waals surface area (Å²) in [7, 11) is 0. The molecule has 0 fully saturated rings. The number of benzene rings is 1. The summed E-state index contributed by atoms with van der Waals surface area (Å²) in [6.07, 6.45) is 1.45. The molecule has 5 nitrogen and oxygen atoms in total. The maximum absolute atomic E-state index is 11.9. The summed E-state index contributed by atoms with van der Waals surface area (Å²) in [6.45, 7) is 2.26. The molecule has 1 heterocycles. The second kappa shape index (κ2) is 5.84. The lowest BCUT2D eigenvalue weighted by Gasteiger charge is -2.07. The topological polar surface area (TPSA) is 78.4 Å². The SMILES string of the molecule is CC(O)CCCNC(=O)c1ccc2c(c1)NC(=O)C2. The average molecular weight is 262 g/mol. The van der Waals surface area contributed by atoms with E-state index in [-0.39, 0.29) is 17.9 Å². The normalized spacial score (nSPS) is 14.7. The van der Waals surface area contributed by atoms with Gasteiger partial charge in [0.15, 0.2) is 0 Å². The van der Waals surface area contributed by atoms with Crippen LogP contribution in [0.1, 0.15) is 35.7 Å². The van der Waals surface area contributed by atoms with Gasteiger partial charge in [0, 0.05) is 17.8 Å². The number of fused-ring (bicyclic) bond motifs is 1. The number of amides is 2. The number of carbonyl (C=O) groups is 2. The van der Waals surface area contributed by atoms with Gasteiger partial charge in [-0.15, -0.1) is 0 Å². The van der Waals surface area contributed by atoms with Crippen LogP contribution in [0.3, 0.4) is 0 Å². The fourth-order valence-corrected chi connectivity index (χ4v) is 2.06. The molecular weight excluding hydrogens is 244 g/mol. The first-order chi connectivity index (χ1) is 9.06.